The van der Waals surface area contributed by atoms with E-state index in [9.17, 15) is 43.2 Å². The summed E-state index contributed by atoms with van der Waals surface area (Å²) in [5.41, 5.74) is -0.571. The molecule has 1 aromatic heterocycles. The van der Waals surface area contributed by atoms with Crippen LogP contribution in [0.1, 0.15) is 38.7 Å². The number of benzene rings is 2. The Bertz CT molecular complexity index is 1470. The van der Waals surface area contributed by atoms with Gasteiger partial charge >= 0.3 is 5.97 Å². The van der Waals surface area contributed by atoms with Crippen LogP contribution in [0.3, 0.4) is 0 Å². The summed E-state index contributed by atoms with van der Waals surface area (Å²) >= 11 is 0. The molecule has 12 nitrogen and oxygen atoms in total. The number of hydrogen-bond donors (Lipinski definition) is 2. The zero-order chi connectivity index (χ0) is 29.0. The zero-order valence-corrected chi connectivity index (χ0v) is 20.6. The Morgan fingerprint density at radius 2 is 1.65 bits per heavy atom. The lowest BCUT2D eigenvalue weighted by atomic mass is 10.0. The Labute approximate surface area is 225 Å². The van der Waals surface area contributed by atoms with Gasteiger partial charge < -0.3 is 20.2 Å². The Balaban J connectivity index is 1.71. The number of nitro benzene ring substituents is 1. The molecule has 0 spiro atoms. The number of nitrogens with one attached hydrogen (secondary N) is 1. The van der Waals surface area contributed by atoms with Gasteiger partial charge in [-0.1, -0.05) is 12.1 Å². The van der Waals surface area contributed by atoms with E-state index in [1.807, 2.05) is 0 Å². The van der Waals surface area contributed by atoms with Crippen LogP contribution in [0.5, 0.6) is 0 Å². The van der Waals surface area contributed by atoms with Gasteiger partial charge in [-0.2, -0.15) is 0 Å². The van der Waals surface area contributed by atoms with Crippen molar-refractivity contribution in [3.05, 3.63) is 105 Å². The summed E-state index contributed by atoms with van der Waals surface area (Å²) in [4.78, 5) is 68.3. The number of nitrogens with zero attached hydrogens (tertiary/aromatic N) is 4. The van der Waals surface area contributed by atoms with Crippen LogP contribution in [0.25, 0.3) is 0 Å². The highest BCUT2D eigenvalue weighted by atomic mass is 19.1. The average Bonchev–Trinajstić information content (AvgIpc) is 3.37. The summed E-state index contributed by atoms with van der Waals surface area (Å²) in [6, 6.07) is 8.75. The second kappa shape index (κ2) is 11.6. The maximum absolute atomic E-state index is 13.9. The highest BCUT2D eigenvalue weighted by molar-refractivity contribution is 6.02. The van der Waals surface area contributed by atoms with E-state index in [1.165, 1.54) is 42.7 Å². The van der Waals surface area contributed by atoms with Gasteiger partial charge in [0.05, 0.1) is 22.9 Å². The molecule has 0 saturated carbocycles. The number of carbonyl (C=O) groups is 4. The van der Waals surface area contributed by atoms with Gasteiger partial charge in [-0.3, -0.25) is 34.3 Å². The maximum Gasteiger partial charge on any atom is 0.305 e. The Kier molecular flexibility index (Phi) is 8.07. The topological polar surface area (TPSA) is 163 Å². The molecule has 2 aromatic carbocycles. The first-order valence-electron chi connectivity index (χ1n) is 11.8. The third kappa shape index (κ3) is 6.06. The summed E-state index contributed by atoms with van der Waals surface area (Å²) in [5.74, 6) is -6.02. The molecule has 40 heavy (non-hydrogen) atoms. The molecule has 2 N–H and O–H groups in total. The monoisotopic (exact) mass is 553 g/mol. The SMILES string of the molecule is O=C(O)CC(NC(=O)C1N(C(=O)c2cccnc2)CCN1C(=O)c1cc(F)cc(F)c1)c1cccc([N+](=O)[O-])c1. The van der Waals surface area contributed by atoms with Crippen molar-refractivity contribution < 1.29 is 38.0 Å². The third-order valence-corrected chi connectivity index (χ3v) is 6.13. The molecule has 1 aliphatic rings. The van der Waals surface area contributed by atoms with Gasteiger partial charge in [-0.15, -0.1) is 0 Å². The van der Waals surface area contributed by atoms with Crippen molar-refractivity contribution >= 4 is 29.4 Å². The molecule has 2 heterocycles. The normalized spacial score (nSPS) is 15.4. The van der Waals surface area contributed by atoms with Crippen molar-refractivity contribution in [2.75, 3.05) is 13.1 Å². The van der Waals surface area contributed by atoms with Crippen molar-refractivity contribution in [3.8, 4) is 0 Å². The number of hydrogen-bond acceptors (Lipinski definition) is 7. The molecule has 0 bridgehead atoms. The van der Waals surface area contributed by atoms with Crippen LogP contribution in [0.2, 0.25) is 0 Å². The molecular weight excluding hydrogens is 532 g/mol. The molecule has 4 rings (SSSR count). The summed E-state index contributed by atoms with van der Waals surface area (Å²) in [6.45, 7) is -0.336. The quantitative estimate of drug-likeness (QED) is 0.318. The van der Waals surface area contributed by atoms with Crippen molar-refractivity contribution in [1.82, 2.24) is 20.1 Å². The maximum atomic E-state index is 13.9. The van der Waals surface area contributed by atoms with E-state index in [0.29, 0.717) is 6.07 Å². The minimum absolute atomic E-state index is 0.0900. The van der Waals surface area contributed by atoms with Crippen LogP contribution in [-0.4, -0.2) is 67.8 Å². The van der Waals surface area contributed by atoms with E-state index in [-0.39, 0.29) is 29.9 Å². The highest BCUT2D eigenvalue weighted by Gasteiger charge is 2.44. The smallest absolute Gasteiger partial charge is 0.305 e. The van der Waals surface area contributed by atoms with Crippen molar-refractivity contribution in [2.24, 2.45) is 0 Å². The second-order valence-electron chi connectivity index (χ2n) is 8.78. The van der Waals surface area contributed by atoms with Crippen LogP contribution in [0.15, 0.2) is 67.0 Å². The van der Waals surface area contributed by atoms with E-state index in [0.717, 1.165) is 28.0 Å². The van der Waals surface area contributed by atoms with E-state index < -0.39 is 64.4 Å². The Morgan fingerprint density at radius 1 is 1.00 bits per heavy atom. The number of rotatable bonds is 8. The standard InChI is InChI=1S/C26H21F2N5O7/c27-18-9-17(10-19(28)12-18)26(38)32-8-7-31(25(37)16-4-2-6-29-14-16)24(32)23(36)30-21(13-22(34)35)15-3-1-5-20(11-15)33(39)40/h1-6,9-12,14,21,24H,7-8,13H2,(H,30,36)(H,34,35). The molecule has 0 aliphatic carbocycles. The highest BCUT2D eigenvalue weighted by Crippen LogP contribution is 2.26. The molecule has 2 atom stereocenters. The summed E-state index contributed by atoms with van der Waals surface area (Å²) < 4.78 is 27.7. The summed E-state index contributed by atoms with van der Waals surface area (Å²) in [7, 11) is 0. The lowest BCUT2D eigenvalue weighted by Gasteiger charge is -2.31. The molecule has 14 heteroatoms. The number of carboxylic acids is 1. The number of aliphatic carboxylic acids is 1. The fourth-order valence-corrected chi connectivity index (χ4v) is 4.36. The van der Waals surface area contributed by atoms with Gasteiger partial charge in [0.1, 0.15) is 11.6 Å². The number of pyridine rings is 1. The van der Waals surface area contributed by atoms with Gasteiger partial charge in [0.2, 0.25) is 0 Å². The molecule has 0 radical (unpaired) electrons. The fourth-order valence-electron chi connectivity index (χ4n) is 4.36. The van der Waals surface area contributed by atoms with Crippen LogP contribution in [0.4, 0.5) is 14.5 Å². The lowest BCUT2D eigenvalue weighted by molar-refractivity contribution is -0.384. The fraction of sp³-hybridized carbons (Fsp3) is 0.192. The Morgan fingerprint density at radius 3 is 2.23 bits per heavy atom. The van der Waals surface area contributed by atoms with Crippen molar-refractivity contribution in [1.29, 1.82) is 0 Å². The first-order chi connectivity index (χ1) is 19.0. The lowest BCUT2D eigenvalue weighted by Crippen LogP contribution is -2.54. The van der Waals surface area contributed by atoms with Gasteiger partial charge in [-0.05, 0) is 29.8 Å². The van der Waals surface area contributed by atoms with Gasteiger partial charge in [0, 0.05) is 49.2 Å². The predicted octanol–water partition coefficient (Wildman–Crippen LogP) is 2.52. The molecule has 1 aliphatic heterocycles. The molecular formula is C26H21F2N5O7. The number of halogens is 2. The molecule has 1 fully saturated rings. The van der Waals surface area contributed by atoms with E-state index in [4.69, 9.17) is 0 Å². The molecule has 2 unspecified atom stereocenters. The van der Waals surface area contributed by atoms with Gasteiger partial charge in [0.25, 0.3) is 23.4 Å². The largest absolute Gasteiger partial charge is 0.481 e. The minimum Gasteiger partial charge on any atom is -0.481 e. The molecule has 3 aromatic rings. The van der Waals surface area contributed by atoms with Gasteiger partial charge in [0.15, 0.2) is 6.17 Å². The second-order valence-corrected chi connectivity index (χ2v) is 8.78. The van der Waals surface area contributed by atoms with Crippen molar-refractivity contribution in [2.45, 2.75) is 18.6 Å². The van der Waals surface area contributed by atoms with Crippen LogP contribution in [0, 0.1) is 21.7 Å². The zero-order valence-electron chi connectivity index (χ0n) is 20.6. The Hall–Kier alpha value is -5.27. The van der Waals surface area contributed by atoms with Crippen LogP contribution in [-0.2, 0) is 9.59 Å². The third-order valence-electron chi connectivity index (χ3n) is 6.13. The number of non-ortho nitro benzene ring substituents is 1. The molecule has 1 saturated heterocycles. The first-order valence-corrected chi connectivity index (χ1v) is 11.8. The number of carbonyl (C=O) groups excluding carboxylic acids is 3. The number of amides is 3. The summed E-state index contributed by atoms with van der Waals surface area (Å²) in [6.07, 6.45) is 0.343. The van der Waals surface area contributed by atoms with E-state index in [2.05, 4.69) is 10.3 Å². The molecule has 3 amide bonds. The minimum atomic E-state index is -1.65. The van der Waals surface area contributed by atoms with Crippen molar-refractivity contribution in [3.63, 3.8) is 0 Å². The van der Waals surface area contributed by atoms with E-state index in [1.54, 1.807) is 0 Å². The number of carboxylic acid groups (broad SMARTS) is 1. The molecule has 206 valence electrons. The number of aromatic nitrogens is 1. The first kappa shape index (κ1) is 27.8. The van der Waals surface area contributed by atoms with Gasteiger partial charge in [-0.25, -0.2) is 8.78 Å². The number of nitro groups is 1. The van der Waals surface area contributed by atoms with Crippen LogP contribution < -0.4 is 5.32 Å². The predicted molar refractivity (Wildman–Crippen MR) is 133 cm³/mol. The van der Waals surface area contributed by atoms with Crippen LogP contribution >= 0.6 is 0 Å². The average molecular weight is 553 g/mol. The summed E-state index contributed by atoms with van der Waals surface area (Å²) in [5, 5.41) is 23.2. The van der Waals surface area contributed by atoms with E-state index >= 15 is 0 Å².